The summed E-state index contributed by atoms with van der Waals surface area (Å²) in [6, 6.07) is 0. The lowest BCUT2D eigenvalue weighted by atomic mass is 10.2. The van der Waals surface area contributed by atoms with Gasteiger partial charge in [-0.2, -0.15) is 0 Å². The molecule has 0 spiro atoms. The normalized spacial score (nSPS) is 12.0. The number of hydrogen-bond acceptors (Lipinski definition) is 5. The van der Waals surface area contributed by atoms with E-state index in [1.807, 2.05) is 20.8 Å². The van der Waals surface area contributed by atoms with E-state index < -0.39 is 11.7 Å². The second-order valence-corrected chi connectivity index (χ2v) is 7.57. The molecule has 2 aromatic rings. The lowest BCUT2D eigenvalue weighted by molar-refractivity contribution is 0.0543. The van der Waals surface area contributed by atoms with Crippen molar-refractivity contribution in [1.29, 1.82) is 0 Å². The van der Waals surface area contributed by atoms with E-state index >= 15 is 0 Å². The fraction of sp³-hybridized carbons (Fsp3) is 0.533. The minimum absolute atomic E-state index is 0.385. The van der Waals surface area contributed by atoms with Gasteiger partial charge in [0, 0.05) is 9.77 Å². The Balaban J connectivity index is 2.43. The maximum absolute atomic E-state index is 12.3. The zero-order valence-corrected chi connectivity index (χ0v) is 15.5. The van der Waals surface area contributed by atoms with E-state index in [0.717, 1.165) is 8.96 Å². The second-order valence-electron chi connectivity index (χ2n) is 6.41. The number of nitrogens with zero attached hydrogens (tertiary/aromatic N) is 3. The van der Waals surface area contributed by atoms with Crippen molar-refractivity contribution in [3.05, 3.63) is 16.1 Å². The maximum Gasteiger partial charge on any atom is 0.420 e. The molecule has 7 heteroatoms. The predicted molar refractivity (Wildman–Crippen MR) is 92.2 cm³/mol. The van der Waals surface area contributed by atoms with Crippen molar-refractivity contribution in [3.63, 3.8) is 0 Å². The van der Waals surface area contributed by atoms with Crippen LogP contribution in [0.2, 0.25) is 0 Å². The Morgan fingerprint density at radius 2 is 2.05 bits per heavy atom. The number of carbonyl (C=O) groups is 1. The Kier molecular flexibility index (Phi) is 4.93. The van der Waals surface area contributed by atoms with Crippen LogP contribution in [0.1, 0.15) is 34.6 Å². The summed E-state index contributed by atoms with van der Waals surface area (Å²) in [5.41, 5.74) is -0.0734. The topological polar surface area (TPSA) is 66.2 Å². The molecule has 120 valence electrons. The third-order valence-electron chi connectivity index (χ3n) is 2.65. The summed E-state index contributed by atoms with van der Waals surface area (Å²) in [5.74, 6) is 0.876. The summed E-state index contributed by atoms with van der Waals surface area (Å²) in [5, 5.41) is 0.731. The standard InChI is InChI=1S/C15H20IN3O3/c1-9(2)7-21-13-11-10(16)6-19(12(11)17-8-18-13)14(20)22-15(3,4)5/h6,8-9H,7H2,1-5H3. The molecule has 0 aromatic carbocycles. The van der Waals surface area contributed by atoms with Crippen molar-refractivity contribution < 1.29 is 14.3 Å². The smallest absolute Gasteiger partial charge is 0.420 e. The number of aromatic nitrogens is 3. The van der Waals surface area contributed by atoms with Gasteiger partial charge in [-0.15, -0.1) is 0 Å². The molecule has 0 aliphatic carbocycles. The molecule has 0 unspecified atom stereocenters. The molecule has 0 bridgehead atoms. The summed E-state index contributed by atoms with van der Waals surface area (Å²) in [6.07, 6.45) is 2.62. The van der Waals surface area contributed by atoms with Crippen molar-refractivity contribution in [2.24, 2.45) is 5.92 Å². The minimum Gasteiger partial charge on any atom is -0.477 e. The Morgan fingerprint density at radius 3 is 2.64 bits per heavy atom. The van der Waals surface area contributed by atoms with Gasteiger partial charge in [0.15, 0.2) is 5.65 Å². The average molecular weight is 417 g/mol. The second kappa shape index (κ2) is 6.39. The molecule has 2 heterocycles. The van der Waals surface area contributed by atoms with Gasteiger partial charge in [-0.05, 0) is 49.3 Å². The lowest BCUT2D eigenvalue weighted by Gasteiger charge is -2.19. The van der Waals surface area contributed by atoms with Crippen LogP contribution in [-0.2, 0) is 4.74 Å². The van der Waals surface area contributed by atoms with Crippen molar-refractivity contribution in [1.82, 2.24) is 14.5 Å². The van der Waals surface area contributed by atoms with Crippen molar-refractivity contribution in [3.8, 4) is 5.88 Å². The summed E-state index contributed by atoms with van der Waals surface area (Å²) < 4.78 is 13.4. The van der Waals surface area contributed by atoms with Crippen LogP contribution >= 0.6 is 22.6 Å². The Labute approximate surface area is 143 Å². The fourth-order valence-corrected chi connectivity index (χ4v) is 2.55. The van der Waals surface area contributed by atoms with Crippen LogP contribution in [0, 0.1) is 9.49 Å². The highest BCUT2D eigenvalue weighted by molar-refractivity contribution is 14.1. The van der Waals surface area contributed by atoms with Crippen LogP contribution in [0.25, 0.3) is 11.0 Å². The third-order valence-corrected chi connectivity index (χ3v) is 3.46. The summed E-state index contributed by atoms with van der Waals surface area (Å²) in [4.78, 5) is 20.7. The molecular weight excluding hydrogens is 397 g/mol. The van der Waals surface area contributed by atoms with E-state index in [2.05, 4.69) is 46.4 Å². The van der Waals surface area contributed by atoms with Crippen molar-refractivity contribution >= 4 is 39.7 Å². The highest BCUT2D eigenvalue weighted by Crippen LogP contribution is 2.29. The maximum atomic E-state index is 12.3. The van der Waals surface area contributed by atoms with Gasteiger partial charge < -0.3 is 9.47 Å². The van der Waals surface area contributed by atoms with Gasteiger partial charge in [0.25, 0.3) is 0 Å². The highest BCUT2D eigenvalue weighted by atomic mass is 127. The van der Waals surface area contributed by atoms with Gasteiger partial charge in [0.2, 0.25) is 5.88 Å². The summed E-state index contributed by atoms with van der Waals surface area (Å²) in [6.45, 7) is 10.2. The van der Waals surface area contributed by atoms with Crippen molar-refractivity contribution in [2.45, 2.75) is 40.2 Å². The zero-order chi connectivity index (χ0) is 16.5. The van der Waals surface area contributed by atoms with Gasteiger partial charge in [0.05, 0.1) is 12.0 Å². The molecule has 2 rings (SSSR count). The van der Waals surface area contributed by atoms with Gasteiger partial charge in [-0.1, -0.05) is 13.8 Å². The van der Waals surface area contributed by atoms with Crippen LogP contribution < -0.4 is 4.74 Å². The quantitative estimate of drug-likeness (QED) is 0.710. The van der Waals surface area contributed by atoms with Gasteiger partial charge in [-0.3, -0.25) is 0 Å². The van der Waals surface area contributed by atoms with E-state index in [1.165, 1.54) is 10.9 Å². The molecule has 0 saturated carbocycles. The first-order chi connectivity index (χ1) is 10.2. The SMILES string of the molecule is CC(C)COc1ncnc2c1c(I)cn2C(=O)OC(C)(C)C. The molecular formula is C15H20IN3O3. The first-order valence-electron chi connectivity index (χ1n) is 7.06. The van der Waals surface area contributed by atoms with Gasteiger partial charge in [-0.25, -0.2) is 19.3 Å². The van der Waals surface area contributed by atoms with E-state index in [0.29, 0.717) is 24.1 Å². The van der Waals surface area contributed by atoms with E-state index in [4.69, 9.17) is 9.47 Å². The number of carbonyl (C=O) groups excluding carboxylic acids is 1. The zero-order valence-electron chi connectivity index (χ0n) is 13.4. The Bertz CT molecular complexity index is 689. The molecule has 22 heavy (non-hydrogen) atoms. The molecule has 0 N–H and O–H groups in total. The van der Waals surface area contributed by atoms with Crippen molar-refractivity contribution in [2.75, 3.05) is 6.61 Å². The summed E-state index contributed by atoms with van der Waals surface area (Å²) in [7, 11) is 0. The van der Waals surface area contributed by atoms with Crippen LogP contribution in [0.15, 0.2) is 12.5 Å². The van der Waals surface area contributed by atoms with Gasteiger partial charge in [0.1, 0.15) is 11.9 Å². The molecule has 0 aliphatic rings. The molecule has 6 nitrogen and oxygen atoms in total. The average Bonchev–Trinajstić information content (AvgIpc) is 2.73. The number of rotatable bonds is 3. The molecule has 2 aromatic heterocycles. The summed E-state index contributed by atoms with van der Waals surface area (Å²) >= 11 is 2.14. The van der Waals surface area contributed by atoms with E-state index in [9.17, 15) is 4.79 Å². The predicted octanol–water partition coefficient (Wildman–Crippen LogP) is 3.85. The first kappa shape index (κ1) is 17.0. The molecule has 0 atom stereocenters. The molecule has 0 radical (unpaired) electrons. The molecule has 0 aliphatic heterocycles. The molecule has 0 amide bonds. The monoisotopic (exact) mass is 417 g/mol. The largest absolute Gasteiger partial charge is 0.477 e. The van der Waals surface area contributed by atoms with E-state index in [1.54, 1.807) is 6.20 Å². The molecule has 0 saturated heterocycles. The molecule has 0 fully saturated rings. The van der Waals surface area contributed by atoms with Crippen LogP contribution in [0.4, 0.5) is 4.79 Å². The number of ether oxygens (including phenoxy) is 2. The fourth-order valence-electron chi connectivity index (χ4n) is 1.80. The highest BCUT2D eigenvalue weighted by Gasteiger charge is 2.23. The Morgan fingerprint density at radius 1 is 1.36 bits per heavy atom. The van der Waals surface area contributed by atoms with Crippen LogP contribution in [0.5, 0.6) is 5.88 Å². The number of fused-ring (bicyclic) bond motifs is 1. The lowest BCUT2D eigenvalue weighted by Crippen LogP contribution is -2.26. The van der Waals surface area contributed by atoms with Gasteiger partial charge >= 0.3 is 6.09 Å². The third kappa shape index (κ3) is 3.88. The van der Waals surface area contributed by atoms with E-state index in [-0.39, 0.29) is 0 Å². The minimum atomic E-state index is -0.566. The Hall–Kier alpha value is -1.38. The van der Waals surface area contributed by atoms with Crippen LogP contribution in [0.3, 0.4) is 0 Å². The van der Waals surface area contributed by atoms with Crippen LogP contribution in [-0.4, -0.2) is 32.8 Å². The first-order valence-corrected chi connectivity index (χ1v) is 8.14. The number of hydrogen-bond donors (Lipinski definition) is 0. The number of halogens is 1.